The van der Waals surface area contributed by atoms with Gasteiger partial charge < -0.3 is 4.90 Å². The smallest absolute Gasteiger partial charge is 0.0730 e. The van der Waals surface area contributed by atoms with Crippen LogP contribution in [-0.4, -0.2) is 43.5 Å². The zero-order valence-corrected chi connectivity index (χ0v) is 13.0. The van der Waals surface area contributed by atoms with Crippen LogP contribution >= 0.6 is 27.3 Å². The van der Waals surface area contributed by atoms with Crippen LogP contribution in [0.15, 0.2) is 9.85 Å². The zero-order valence-electron chi connectivity index (χ0n) is 10.6. The molecule has 1 aromatic rings. The topological polar surface area (TPSA) is 6.48 Å². The van der Waals surface area contributed by atoms with E-state index in [1.165, 1.54) is 14.2 Å². The molecule has 0 atom stereocenters. The Morgan fingerprint density at radius 1 is 1.31 bits per heavy atom. The van der Waals surface area contributed by atoms with Gasteiger partial charge >= 0.3 is 0 Å². The van der Waals surface area contributed by atoms with Gasteiger partial charge in [-0.3, -0.25) is 4.90 Å². The summed E-state index contributed by atoms with van der Waals surface area (Å²) in [6, 6.07) is 2.28. The summed E-state index contributed by atoms with van der Waals surface area (Å²) in [6.07, 6.45) is 0. The number of nitrogens with zero attached hydrogens (tertiary/aromatic N) is 2. The molecule has 1 rings (SSSR count). The lowest BCUT2D eigenvalue weighted by Crippen LogP contribution is -2.30. The van der Waals surface area contributed by atoms with Crippen molar-refractivity contribution in [2.45, 2.75) is 20.4 Å². The molecule has 0 amide bonds. The minimum absolute atomic E-state index is 1.07. The van der Waals surface area contributed by atoms with Crippen molar-refractivity contribution >= 4 is 27.3 Å². The van der Waals surface area contributed by atoms with Crippen LogP contribution in [0.5, 0.6) is 0 Å². The summed E-state index contributed by atoms with van der Waals surface area (Å²) in [5, 5.41) is 0. The Morgan fingerprint density at radius 2 is 2.00 bits per heavy atom. The molecule has 0 radical (unpaired) electrons. The Bertz CT molecular complexity index is 303. The highest BCUT2D eigenvalue weighted by molar-refractivity contribution is 9.11. The third kappa shape index (κ3) is 4.53. The van der Waals surface area contributed by atoms with Crippen molar-refractivity contribution < 1.29 is 0 Å². The first-order chi connectivity index (χ1) is 7.52. The lowest BCUT2D eigenvalue weighted by Gasteiger charge is -2.21. The van der Waals surface area contributed by atoms with E-state index in [4.69, 9.17) is 0 Å². The summed E-state index contributed by atoms with van der Waals surface area (Å²) >= 11 is 5.44. The molecule has 0 saturated heterocycles. The van der Waals surface area contributed by atoms with Crippen LogP contribution in [0.1, 0.15) is 17.4 Å². The number of likely N-dealkylation sites (N-methyl/N-ethyl adjacent to an activating group) is 2. The predicted molar refractivity (Wildman–Crippen MR) is 76.3 cm³/mol. The first-order valence-corrected chi connectivity index (χ1v) is 7.25. The van der Waals surface area contributed by atoms with Crippen LogP contribution < -0.4 is 0 Å². The molecule has 2 nitrogen and oxygen atoms in total. The van der Waals surface area contributed by atoms with Crippen molar-refractivity contribution in [1.82, 2.24) is 9.80 Å². The Labute approximate surface area is 111 Å². The molecule has 0 aromatic carbocycles. The van der Waals surface area contributed by atoms with E-state index in [0.717, 1.165) is 26.2 Å². The van der Waals surface area contributed by atoms with Crippen LogP contribution in [0, 0.1) is 6.92 Å². The quantitative estimate of drug-likeness (QED) is 0.796. The molecule has 0 bridgehead atoms. The van der Waals surface area contributed by atoms with Gasteiger partial charge in [-0.15, -0.1) is 11.3 Å². The normalized spacial score (nSPS) is 11.7. The number of hydrogen-bond donors (Lipinski definition) is 0. The molecule has 0 fully saturated rings. The fourth-order valence-corrected chi connectivity index (χ4v) is 3.18. The largest absolute Gasteiger partial charge is 0.308 e. The molecule has 4 heteroatoms. The second-order valence-corrected chi connectivity index (χ2v) is 6.80. The molecule has 16 heavy (non-hydrogen) atoms. The minimum atomic E-state index is 1.07. The molecule has 0 saturated carbocycles. The number of rotatable bonds is 6. The maximum atomic E-state index is 3.58. The van der Waals surface area contributed by atoms with Gasteiger partial charge in [0, 0.05) is 24.5 Å². The van der Waals surface area contributed by atoms with Gasteiger partial charge in [-0.05, 0) is 55.1 Å². The lowest BCUT2D eigenvalue weighted by atomic mass is 10.3. The van der Waals surface area contributed by atoms with Crippen molar-refractivity contribution in [3.63, 3.8) is 0 Å². The standard InChI is InChI=1S/C12H21BrN2S/c1-5-15(7-6-14(3)4)9-11-8-10(2)12(13)16-11/h8H,5-7,9H2,1-4H3. The average Bonchev–Trinajstić information content (AvgIpc) is 2.52. The monoisotopic (exact) mass is 304 g/mol. The minimum Gasteiger partial charge on any atom is -0.308 e. The van der Waals surface area contributed by atoms with Gasteiger partial charge in [-0.1, -0.05) is 6.92 Å². The van der Waals surface area contributed by atoms with Crippen molar-refractivity contribution in [2.24, 2.45) is 0 Å². The summed E-state index contributed by atoms with van der Waals surface area (Å²) in [5.41, 5.74) is 1.35. The Balaban J connectivity index is 2.49. The lowest BCUT2D eigenvalue weighted by molar-refractivity contribution is 0.246. The summed E-state index contributed by atoms with van der Waals surface area (Å²) in [5.74, 6) is 0. The summed E-state index contributed by atoms with van der Waals surface area (Å²) < 4.78 is 1.27. The van der Waals surface area contributed by atoms with E-state index >= 15 is 0 Å². The zero-order chi connectivity index (χ0) is 12.1. The first-order valence-electron chi connectivity index (χ1n) is 5.64. The Kier molecular flexibility index (Phi) is 5.97. The fraction of sp³-hybridized carbons (Fsp3) is 0.667. The molecule has 0 unspecified atom stereocenters. The molecule has 0 aliphatic rings. The Hall–Kier alpha value is 0.1000. The van der Waals surface area contributed by atoms with E-state index in [0.29, 0.717) is 0 Å². The fourth-order valence-electron chi connectivity index (χ4n) is 1.51. The summed E-state index contributed by atoms with van der Waals surface area (Å²) in [7, 11) is 4.25. The van der Waals surface area contributed by atoms with Gasteiger partial charge in [0.15, 0.2) is 0 Å². The predicted octanol–water partition coefficient (Wildman–Crippen LogP) is 3.20. The second-order valence-electron chi connectivity index (χ2n) is 4.34. The third-order valence-electron chi connectivity index (χ3n) is 2.60. The molecule has 0 aliphatic heterocycles. The molecule has 0 spiro atoms. The van der Waals surface area contributed by atoms with Crippen LogP contribution in [-0.2, 0) is 6.54 Å². The highest BCUT2D eigenvalue weighted by atomic mass is 79.9. The number of hydrogen-bond acceptors (Lipinski definition) is 3. The summed E-state index contributed by atoms with van der Waals surface area (Å²) in [4.78, 5) is 6.17. The highest BCUT2D eigenvalue weighted by Gasteiger charge is 2.08. The maximum absolute atomic E-state index is 3.58. The second kappa shape index (κ2) is 6.74. The molecule has 1 heterocycles. The van der Waals surface area contributed by atoms with Crippen LogP contribution in [0.4, 0.5) is 0 Å². The molecular formula is C12H21BrN2S. The van der Waals surface area contributed by atoms with Gasteiger partial charge in [-0.25, -0.2) is 0 Å². The van der Waals surface area contributed by atoms with Gasteiger partial charge in [0.1, 0.15) is 0 Å². The molecule has 1 aromatic heterocycles. The van der Waals surface area contributed by atoms with Crippen LogP contribution in [0.25, 0.3) is 0 Å². The van der Waals surface area contributed by atoms with Crippen molar-refractivity contribution in [3.05, 3.63) is 20.3 Å². The average molecular weight is 305 g/mol. The first kappa shape index (κ1) is 14.2. The van der Waals surface area contributed by atoms with E-state index in [1.807, 2.05) is 11.3 Å². The van der Waals surface area contributed by atoms with Gasteiger partial charge in [-0.2, -0.15) is 0 Å². The third-order valence-corrected chi connectivity index (χ3v) is 4.72. The van der Waals surface area contributed by atoms with Crippen LogP contribution in [0.3, 0.4) is 0 Å². The molecular weight excluding hydrogens is 284 g/mol. The van der Waals surface area contributed by atoms with Gasteiger partial charge in [0.25, 0.3) is 0 Å². The maximum Gasteiger partial charge on any atom is 0.0730 e. The van der Waals surface area contributed by atoms with Crippen molar-refractivity contribution in [3.8, 4) is 0 Å². The number of aryl methyl sites for hydroxylation is 1. The highest BCUT2D eigenvalue weighted by Crippen LogP contribution is 2.28. The van der Waals surface area contributed by atoms with Crippen molar-refractivity contribution in [1.29, 1.82) is 0 Å². The molecule has 0 aliphatic carbocycles. The van der Waals surface area contributed by atoms with E-state index in [2.05, 4.69) is 59.7 Å². The van der Waals surface area contributed by atoms with E-state index in [1.54, 1.807) is 0 Å². The van der Waals surface area contributed by atoms with Gasteiger partial charge in [0.05, 0.1) is 3.79 Å². The van der Waals surface area contributed by atoms with Crippen LogP contribution in [0.2, 0.25) is 0 Å². The van der Waals surface area contributed by atoms with E-state index in [-0.39, 0.29) is 0 Å². The molecule has 0 N–H and O–H groups in total. The summed E-state index contributed by atoms with van der Waals surface area (Å²) in [6.45, 7) is 8.83. The SMILES string of the molecule is CCN(CCN(C)C)Cc1cc(C)c(Br)s1. The van der Waals surface area contributed by atoms with Gasteiger partial charge in [0.2, 0.25) is 0 Å². The Morgan fingerprint density at radius 3 is 2.44 bits per heavy atom. The number of thiophene rings is 1. The molecule has 92 valence electrons. The van der Waals surface area contributed by atoms with E-state index in [9.17, 15) is 0 Å². The number of halogens is 1. The van der Waals surface area contributed by atoms with Crippen molar-refractivity contribution in [2.75, 3.05) is 33.7 Å². The van der Waals surface area contributed by atoms with E-state index < -0.39 is 0 Å².